The lowest BCUT2D eigenvalue weighted by atomic mass is 9.97. The second kappa shape index (κ2) is 9.70. The van der Waals surface area contributed by atoms with E-state index in [2.05, 4.69) is 25.2 Å². The van der Waals surface area contributed by atoms with Gasteiger partial charge in [0, 0.05) is 6.04 Å². The molecule has 1 saturated heterocycles. The van der Waals surface area contributed by atoms with Crippen LogP contribution in [0.5, 0.6) is 0 Å². The van der Waals surface area contributed by atoms with Crippen LogP contribution in [0, 0.1) is 0 Å². The van der Waals surface area contributed by atoms with Crippen molar-refractivity contribution in [1.82, 2.24) is 5.32 Å². The minimum atomic E-state index is 0.764. The Hall–Kier alpha value is -0.300. The van der Waals surface area contributed by atoms with Crippen LogP contribution in [0.3, 0.4) is 0 Å². The van der Waals surface area contributed by atoms with Crippen molar-refractivity contribution in [3.8, 4) is 0 Å². The summed E-state index contributed by atoms with van der Waals surface area (Å²) in [6, 6.07) is 0.764. The molecule has 0 saturated carbocycles. The Morgan fingerprint density at radius 3 is 2.71 bits per heavy atom. The molecule has 0 aliphatic carbocycles. The molecule has 1 heterocycles. The summed E-state index contributed by atoms with van der Waals surface area (Å²) in [5, 5.41) is 3.63. The Balaban J connectivity index is 2.03. The van der Waals surface area contributed by atoms with Crippen molar-refractivity contribution in [3.05, 3.63) is 11.6 Å². The van der Waals surface area contributed by atoms with Gasteiger partial charge in [0.2, 0.25) is 0 Å². The van der Waals surface area contributed by atoms with Crippen LogP contribution in [-0.2, 0) is 0 Å². The van der Waals surface area contributed by atoms with E-state index in [0.29, 0.717) is 0 Å². The van der Waals surface area contributed by atoms with Crippen molar-refractivity contribution in [2.45, 2.75) is 84.1 Å². The maximum atomic E-state index is 3.63. The Morgan fingerprint density at radius 2 is 2.00 bits per heavy atom. The minimum absolute atomic E-state index is 0.764. The summed E-state index contributed by atoms with van der Waals surface area (Å²) in [6.07, 6.45) is 16.2. The van der Waals surface area contributed by atoms with Crippen LogP contribution in [0.1, 0.15) is 78.1 Å². The van der Waals surface area contributed by atoms with Crippen LogP contribution in [-0.4, -0.2) is 12.6 Å². The monoisotopic (exact) mass is 237 g/mol. The van der Waals surface area contributed by atoms with Gasteiger partial charge in [-0.1, -0.05) is 50.7 Å². The van der Waals surface area contributed by atoms with Crippen molar-refractivity contribution in [3.63, 3.8) is 0 Å². The molecule has 1 unspecified atom stereocenters. The molecule has 1 nitrogen and oxygen atoms in total. The van der Waals surface area contributed by atoms with E-state index in [0.717, 1.165) is 6.04 Å². The molecule has 0 aromatic carbocycles. The molecule has 1 aliphatic heterocycles. The summed E-state index contributed by atoms with van der Waals surface area (Å²) in [4.78, 5) is 0. The molecule has 0 radical (unpaired) electrons. The molecule has 100 valence electrons. The van der Waals surface area contributed by atoms with E-state index in [1.165, 1.54) is 70.8 Å². The van der Waals surface area contributed by atoms with Crippen molar-refractivity contribution in [2.75, 3.05) is 6.54 Å². The first-order chi connectivity index (χ1) is 8.33. The summed E-state index contributed by atoms with van der Waals surface area (Å²) >= 11 is 0. The van der Waals surface area contributed by atoms with Gasteiger partial charge < -0.3 is 5.32 Å². The van der Waals surface area contributed by atoms with Crippen LogP contribution >= 0.6 is 0 Å². The maximum Gasteiger partial charge on any atom is 0.0104 e. The zero-order valence-corrected chi connectivity index (χ0v) is 11.9. The van der Waals surface area contributed by atoms with Crippen LogP contribution < -0.4 is 5.32 Å². The van der Waals surface area contributed by atoms with E-state index in [9.17, 15) is 0 Å². The average molecular weight is 237 g/mol. The van der Waals surface area contributed by atoms with E-state index in [1.54, 1.807) is 5.57 Å². The van der Waals surface area contributed by atoms with E-state index < -0.39 is 0 Å². The first-order valence-electron chi connectivity index (χ1n) is 7.72. The maximum absolute atomic E-state index is 3.63. The molecule has 1 aliphatic rings. The molecule has 1 heteroatoms. The normalized spacial score (nSPS) is 21.8. The van der Waals surface area contributed by atoms with Gasteiger partial charge in [-0.25, -0.2) is 0 Å². The molecule has 0 aromatic rings. The Morgan fingerprint density at radius 1 is 1.18 bits per heavy atom. The van der Waals surface area contributed by atoms with Crippen molar-refractivity contribution in [1.29, 1.82) is 0 Å². The van der Waals surface area contributed by atoms with E-state index in [1.807, 2.05) is 0 Å². The SMILES string of the molecule is CCCCCCC/C=C(/C)CC1CCCCN1. The van der Waals surface area contributed by atoms with Crippen molar-refractivity contribution in [2.24, 2.45) is 0 Å². The topological polar surface area (TPSA) is 12.0 Å². The number of rotatable bonds is 8. The highest BCUT2D eigenvalue weighted by Gasteiger charge is 2.11. The number of unbranched alkanes of at least 4 members (excludes halogenated alkanes) is 5. The first kappa shape index (κ1) is 14.8. The Labute approximate surface area is 108 Å². The molecule has 1 rings (SSSR count). The van der Waals surface area contributed by atoms with Gasteiger partial charge in [0.25, 0.3) is 0 Å². The number of piperidine rings is 1. The van der Waals surface area contributed by atoms with Gasteiger partial charge in [-0.15, -0.1) is 0 Å². The quantitative estimate of drug-likeness (QED) is 0.471. The van der Waals surface area contributed by atoms with E-state index in [4.69, 9.17) is 0 Å². The third-order valence-electron chi connectivity index (χ3n) is 3.78. The first-order valence-corrected chi connectivity index (χ1v) is 7.72. The number of nitrogens with one attached hydrogen (secondary N) is 1. The zero-order valence-electron chi connectivity index (χ0n) is 11.9. The molecule has 17 heavy (non-hydrogen) atoms. The van der Waals surface area contributed by atoms with Gasteiger partial charge in [0.1, 0.15) is 0 Å². The fraction of sp³-hybridized carbons (Fsp3) is 0.875. The largest absolute Gasteiger partial charge is 0.314 e. The standard InChI is InChI=1S/C16H31N/c1-3-4-5-6-7-8-11-15(2)14-16-12-9-10-13-17-16/h11,16-17H,3-10,12-14H2,1-2H3/b15-11-. The van der Waals surface area contributed by atoms with Crippen molar-refractivity contribution < 1.29 is 0 Å². The van der Waals surface area contributed by atoms with Gasteiger partial charge in [-0.05, 0) is 45.6 Å². The molecule has 1 atom stereocenters. The molecule has 0 aromatic heterocycles. The van der Waals surface area contributed by atoms with Gasteiger partial charge in [0.05, 0.1) is 0 Å². The fourth-order valence-corrected chi connectivity index (χ4v) is 2.67. The third kappa shape index (κ3) is 7.59. The summed E-state index contributed by atoms with van der Waals surface area (Å²) < 4.78 is 0. The summed E-state index contributed by atoms with van der Waals surface area (Å²) in [5.41, 5.74) is 1.60. The lowest BCUT2D eigenvalue weighted by molar-refractivity contribution is 0.398. The van der Waals surface area contributed by atoms with Crippen LogP contribution in [0.4, 0.5) is 0 Å². The van der Waals surface area contributed by atoms with E-state index >= 15 is 0 Å². The summed E-state index contributed by atoms with van der Waals surface area (Å²) in [5.74, 6) is 0. The molecule has 1 N–H and O–H groups in total. The molecular formula is C16H31N. The van der Waals surface area contributed by atoms with Crippen molar-refractivity contribution >= 4 is 0 Å². The second-order valence-corrected chi connectivity index (χ2v) is 5.60. The molecule has 0 spiro atoms. The van der Waals surface area contributed by atoms with Gasteiger partial charge in [-0.3, -0.25) is 0 Å². The molecular weight excluding hydrogens is 206 g/mol. The van der Waals surface area contributed by atoms with Gasteiger partial charge in [-0.2, -0.15) is 0 Å². The predicted octanol–water partition coefficient (Wildman–Crippen LogP) is 4.83. The predicted molar refractivity (Wildman–Crippen MR) is 77.4 cm³/mol. The number of hydrogen-bond acceptors (Lipinski definition) is 1. The summed E-state index contributed by atoms with van der Waals surface area (Å²) in [6.45, 7) is 5.82. The third-order valence-corrected chi connectivity index (χ3v) is 3.78. The molecule has 1 fully saturated rings. The highest BCUT2D eigenvalue weighted by atomic mass is 14.9. The van der Waals surface area contributed by atoms with Gasteiger partial charge >= 0.3 is 0 Å². The zero-order chi connectivity index (χ0) is 12.3. The Bertz CT molecular complexity index is 202. The lowest BCUT2D eigenvalue weighted by Crippen LogP contribution is -2.33. The van der Waals surface area contributed by atoms with Crippen LogP contribution in [0.2, 0.25) is 0 Å². The second-order valence-electron chi connectivity index (χ2n) is 5.60. The average Bonchev–Trinajstić information content (AvgIpc) is 2.35. The fourth-order valence-electron chi connectivity index (χ4n) is 2.67. The molecule has 0 bridgehead atoms. The minimum Gasteiger partial charge on any atom is -0.314 e. The smallest absolute Gasteiger partial charge is 0.0104 e. The van der Waals surface area contributed by atoms with E-state index in [-0.39, 0.29) is 0 Å². The molecule has 0 amide bonds. The summed E-state index contributed by atoms with van der Waals surface area (Å²) in [7, 11) is 0. The lowest BCUT2D eigenvalue weighted by Gasteiger charge is -2.23. The van der Waals surface area contributed by atoms with Crippen LogP contribution in [0.15, 0.2) is 11.6 Å². The highest BCUT2D eigenvalue weighted by Crippen LogP contribution is 2.16. The van der Waals surface area contributed by atoms with Gasteiger partial charge in [0.15, 0.2) is 0 Å². The Kier molecular flexibility index (Phi) is 8.42. The highest BCUT2D eigenvalue weighted by molar-refractivity contribution is 5.01. The number of hydrogen-bond donors (Lipinski definition) is 1. The number of allylic oxidation sites excluding steroid dienone is 1. The van der Waals surface area contributed by atoms with Crippen LogP contribution in [0.25, 0.3) is 0 Å².